The molecule has 0 spiro atoms. The van der Waals surface area contributed by atoms with E-state index in [1.165, 1.54) is 0 Å². The Morgan fingerprint density at radius 1 is 1.00 bits per heavy atom. The standard InChI is InChI=1S/C22H25ClN2O5/c1-4-29-18-11-5-15(6-12-18)21(27)25-20(14(2)3)22(28)30-13-19(26)24-17-9-7-16(23)8-10-17/h5-12,14,20H,4,13H2,1-3H3,(H,24,26)(H,25,27)/t20-/m0/s1. The van der Waals surface area contributed by atoms with Crippen LogP contribution in [0.5, 0.6) is 5.75 Å². The van der Waals surface area contributed by atoms with Crippen LogP contribution in [0.1, 0.15) is 31.1 Å². The van der Waals surface area contributed by atoms with Gasteiger partial charge in [-0.25, -0.2) is 4.79 Å². The molecule has 2 aromatic rings. The molecule has 0 saturated heterocycles. The first-order chi connectivity index (χ1) is 14.3. The Morgan fingerprint density at radius 2 is 1.63 bits per heavy atom. The molecule has 0 aliphatic carbocycles. The number of carbonyl (C=O) groups is 3. The number of amides is 2. The van der Waals surface area contributed by atoms with E-state index >= 15 is 0 Å². The molecule has 0 radical (unpaired) electrons. The number of halogens is 1. The van der Waals surface area contributed by atoms with Gasteiger partial charge >= 0.3 is 5.97 Å². The third kappa shape index (κ3) is 7.08. The van der Waals surface area contributed by atoms with Gasteiger partial charge in [-0.15, -0.1) is 0 Å². The van der Waals surface area contributed by atoms with Crippen LogP contribution in [0.3, 0.4) is 0 Å². The maximum Gasteiger partial charge on any atom is 0.329 e. The topological polar surface area (TPSA) is 93.7 Å². The third-order valence-electron chi connectivity index (χ3n) is 4.11. The molecule has 2 aromatic carbocycles. The second-order valence-electron chi connectivity index (χ2n) is 6.82. The predicted molar refractivity (Wildman–Crippen MR) is 115 cm³/mol. The quantitative estimate of drug-likeness (QED) is 0.589. The lowest BCUT2D eigenvalue weighted by molar-refractivity contribution is -0.150. The Balaban J connectivity index is 1.91. The molecule has 160 valence electrons. The monoisotopic (exact) mass is 432 g/mol. The third-order valence-corrected chi connectivity index (χ3v) is 4.36. The fourth-order valence-corrected chi connectivity index (χ4v) is 2.67. The van der Waals surface area contributed by atoms with Crippen LogP contribution in [0.15, 0.2) is 48.5 Å². The van der Waals surface area contributed by atoms with E-state index in [1.54, 1.807) is 62.4 Å². The number of benzene rings is 2. The number of hydrogen-bond donors (Lipinski definition) is 2. The van der Waals surface area contributed by atoms with E-state index in [0.717, 1.165) is 0 Å². The maximum atomic E-state index is 12.5. The van der Waals surface area contributed by atoms with Crippen LogP contribution in [-0.2, 0) is 14.3 Å². The van der Waals surface area contributed by atoms with Gasteiger partial charge in [0.2, 0.25) is 0 Å². The molecule has 2 amide bonds. The Bertz CT molecular complexity index is 866. The van der Waals surface area contributed by atoms with Gasteiger partial charge in [-0.05, 0) is 61.4 Å². The normalized spacial score (nSPS) is 11.5. The van der Waals surface area contributed by atoms with Crippen LogP contribution in [0.4, 0.5) is 5.69 Å². The van der Waals surface area contributed by atoms with E-state index < -0.39 is 30.4 Å². The van der Waals surface area contributed by atoms with Crippen LogP contribution in [0.25, 0.3) is 0 Å². The zero-order valence-corrected chi connectivity index (χ0v) is 17.9. The predicted octanol–water partition coefficient (Wildman–Crippen LogP) is 3.68. The Kier molecular flexibility index (Phi) is 8.68. The number of carbonyl (C=O) groups excluding carboxylic acids is 3. The average Bonchev–Trinajstić information content (AvgIpc) is 2.72. The minimum Gasteiger partial charge on any atom is -0.494 e. The summed E-state index contributed by atoms with van der Waals surface area (Å²) in [6.45, 7) is 5.48. The van der Waals surface area contributed by atoms with Crippen LogP contribution < -0.4 is 15.4 Å². The number of rotatable bonds is 9. The summed E-state index contributed by atoms with van der Waals surface area (Å²) in [5.41, 5.74) is 0.919. The first-order valence-electron chi connectivity index (χ1n) is 9.56. The van der Waals surface area contributed by atoms with Crippen molar-refractivity contribution in [3.63, 3.8) is 0 Å². The van der Waals surface area contributed by atoms with Gasteiger partial charge in [0.25, 0.3) is 11.8 Å². The van der Waals surface area contributed by atoms with Gasteiger partial charge in [0.1, 0.15) is 11.8 Å². The summed E-state index contributed by atoms with van der Waals surface area (Å²) in [5, 5.41) is 5.81. The highest BCUT2D eigenvalue weighted by Gasteiger charge is 2.26. The van der Waals surface area contributed by atoms with Crippen LogP contribution in [-0.4, -0.2) is 37.0 Å². The number of ether oxygens (including phenoxy) is 2. The highest BCUT2D eigenvalue weighted by atomic mass is 35.5. The average molecular weight is 433 g/mol. The molecule has 0 aliphatic heterocycles. The number of nitrogens with one attached hydrogen (secondary N) is 2. The zero-order chi connectivity index (χ0) is 22.1. The van der Waals surface area contributed by atoms with Crippen LogP contribution in [0, 0.1) is 5.92 Å². The van der Waals surface area contributed by atoms with Gasteiger partial charge in [0.15, 0.2) is 6.61 Å². The Labute approximate surface area is 180 Å². The van der Waals surface area contributed by atoms with E-state index in [2.05, 4.69) is 10.6 Å². The fourth-order valence-electron chi connectivity index (χ4n) is 2.55. The summed E-state index contributed by atoms with van der Waals surface area (Å²) in [6, 6.07) is 12.2. The Hall–Kier alpha value is -3.06. The van der Waals surface area contributed by atoms with Crippen molar-refractivity contribution >= 4 is 35.1 Å². The molecule has 30 heavy (non-hydrogen) atoms. The first kappa shape index (κ1) is 23.2. The van der Waals surface area contributed by atoms with Crippen molar-refractivity contribution in [2.75, 3.05) is 18.5 Å². The molecule has 0 aliphatic rings. The SMILES string of the molecule is CCOc1ccc(C(=O)N[C@H](C(=O)OCC(=O)Nc2ccc(Cl)cc2)C(C)C)cc1. The molecular weight excluding hydrogens is 408 g/mol. The summed E-state index contributed by atoms with van der Waals surface area (Å²) < 4.78 is 10.4. The van der Waals surface area contributed by atoms with Crippen LogP contribution in [0.2, 0.25) is 5.02 Å². The summed E-state index contributed by atoms with van der Waals surface area (Å²) in [5.74, 6) is -1.18. The molecule has 2 rings (SSSR count). The van der Waals surface area contributed by atoms with Crippen molar-refractivity contribution in [3.05, 3.63) is 59.1 Å². The van der Waals surface area contributed by atoms with Gasteiger partial charge in [0.05, 0.1) is 6.61 Å². The van der Waals surface area contributed by atoms with Gasteiger partial charge in [-0.3, -0.25) is 9.59 Å². The summed E-state index contributed by atoms with van der Waals surface area (Å²) in [4.78, 5) is 36.9. The lowest BCUT2D eigenvalue weighted by Gasteiger charge is -2.21. The minimum atomic E-state index is -0.896. The lowest BCUT2D eigenvalue weighted by Crippen LogP contribution is -2.45. The second kappa shape index (κ2) is 11.2. The van der Waals surface area contributed by atoms with Crippen molar-refractivity contribution in [1.82, 2.24) is 5.32 Å². The second-order valence-corrected chi connectivity index (χ2v) is 7.25. The van der Waals surface area contributed by atoms with Gasteiger partial charge in [-0.2, -0.15) is 0 Å². The largest absolute Gasteiger partial charge is 0.494 e. The molecule has 2 N–H and O–H groups in total. The van der Waals surface area contributed by atoms with Gasteiger partial charge in [0, 0.05) is 16.3 Å². The van der Waals surface area contributed by atoms with Crippen molar-refractivity contribution in [2.24, 2.45) is 5.92 Å². The fraction of sp³-hybridized carbons (Fsp3) is 0.318. The zero-order valence-electron chi connectivity index (χ0n) is 17.1. The number of esters is 1. The molecule has 8 heteroatoms. The lowest BCUT2D eigenvalue weighted by atomic mass is 10.0. The van der Waals surface area contributed by atoms with E-state index in [0.29, 0.717) is 28.6 Å². The highest BCUT2D eigenvalue weighted by molar-refractivity contribution is 6.30. The molecule has 0 unspecified atom stereocenters. The van der Waals surface area contributed by atoms with Gasteiger partial charge in [-0.1, -0.05) is 25.4 Å². The molecule has 1 atom stereocenters. The van der Waals surface area contributed by atoms with E-state index in [9.17, 15) is 14.4 Å². The molecule has 0 bridgehead atoms. The maximum absolute atomic E-state index is 12.5. The first-order valence-corrected chi connectivity index (χ1v) is 9.93. The van der Waals surface area contributed by atoms with Crippen molar-refractivity contribution in [2.45, 2.75) is 26.8 Å². The number of hydrogen-bond acceptors (Lipinski definition) is 5. The molecular formula is C22H25ClN2O5. The van der Waals surface area contributed by atoms with Crippen molar-refractivity contribution < 1.29 is 23.9 Å². The van der Waals surface area contributed by atoms with Gasteiger partial charge < -0.3 is 20.1 Å². The summed E-state index contributed by atoms with van der Waals surface area (Å²) in [7, 11) is 0. The van der Waals surface area contributed by atoms with E-state index in [4.69, 9.17) is 21.1 Å². The molecule has 0 saturated carbocycles. The molecule has 0 fully saturated rings. The number of anilines is 1. The van der Waals surface area contributed by atoms with E-state index in [1.807, 2.05) is 6.92 Å². The summed E-state index contributed by atoms with van der Waals surface area (Å²) in [6.07, 6.45) is 0. The highest BCUT2D eigenvalue weighted by Crippen LogP contribution is 2.14. The minimum absolute atomic E-state index is 0.233. The molecule has 7 nitrogen and oxygen atoms in total. The molecule has 0 heterocycles. The molecule has 0 aromatic heterocycles. The van der Waals surface area contributed by atoms with Crippen LogP contribution >= 0.6 is 11.6 Å². The summed E-state index contributed by atoms with van der Waals surface area (Å²) >= 11 is 5.80. The smallest absolute Gasteiger partial charge is 0.329 e. The Morgan fingerprint density at radius 3 is 2.20 bits per heavy atom. The van der Waals surface area contributed by atoms with E-state index in [-0.39, 0.29) is 5.92 Å². The van der Waals surface area contributed by atoms with Crippen molar-refractivity contribution in [3.8, 4) is 5.75 Å². The van der Waals surface area contributed by atoms with Crippen molar-refractivity contribution in [1.29, 1.82) is 0 Å².